The van der Waals surface area contributed by atoms with Gasteiger partial charge in [-0.25, -0.2) is 0 Å². The molecule has 1 aliphatic heterocycles. The van der Waals surface area contributed by atoms with Gasteiger partial charge in [-0.05, 0) is 38.1 Å². The number of benzene rings is 1. The van der Waals surface area contributed by atoms with Crippen molar-refractivity contribution in [3.63, 3.8) is 0 Å². The second-order valence-corrected chi connectivity index (χ2v) is 5.87. The number of hydrogen-bond acceptors (Lipinski definition) is 3. The zero-order chi connectivity index (χ0) is 15.5. The number of amides is 1. The highest BCUT2D eigenvalue weighted by Gasteiger charge is 2.27. The van der Waals surface area contributed by atoms with Crippen LogP contribution in [0.25, 0.3) is 0 Å². The van der Waals surface area contributed by atoms with E-state index in [1.807, 2.05) is 4.90 Å². The molecule has 4 heteroatoms. The predicted octanol–water partition coefficient (Wildman–Crippen LogP) is 2.74. The van der Waals surface area contributed by atoms with Crippen molar-refractivity contribution in [3.05, 3.63) is 59.9 Å². The van der Waals surface area contributed by atoms with Gasteiger partial charge in [0, 0.05) is 49.3 Å². The van der Waals surface area contributed by atoms with Crippen molar-refractivity contribution in [2.75, 3.05) is 24.5 Å². The molecule has 2 heterocycles. The summed E-state index contributed by atoms with van der Waals surface area (Å²) in [6.07, 6.45) is 3.33. The van der Waals surface area contributed by atoms with Crippen molar-refractivity contribution in [1.29, 1.82) is 0 Å². The lowest BCUT2D eigenvalue weighted by Crippen LogP contribution is -2.53. The Morgan fingerprint density at radius 2 is 1.77 bits per heavy atom. The summed E-state index contributed by atoms with van der Waals surface area (Å²) in [5.41, 5.74) is 3.21. The van der Waals surface area contributed by atoms with E-state index in [-0.39, 0.29) is 5.91 Å². The molecule has 1 amide bonds. The summed E-state index contributed by atoms with van der Waals surface area (Å²) in [5.74, 6) is 0.0952. The smallest absolute Gasteiger partial charge is 0.254 e. The van der Waals surface area contributed by atoms with Crippen LogP contribution in [0.3, 0.4) is 0 Å². The number of anilines is 1. The Bertz CT molecular complexity index is 639. The molecule has 1 fully saturated rings. The molecule has 4 nitrogen and oxygen atoms in total. The SMILES string of the molecule is Cc1ccc(N2CCN(C(=O)c3ccncc3)CC2C)cc1. The molecule has 1 unspecified atom stereocenters. The lowest BCUT2D eigenvalue weighted by Gasteiger charge is -2.41. The van der Waals surface area contributed by atoms with E-state index >= 15 is 0 Å². The Morgan fingerprint density at radius 3 is 2.41 bits per heavy atom. The molecule has 0 bridgehead atoms. The number of nitrogens with zero attached hydrogens (tertiary/aromatic N) is 3. The van der Waals surface area contributed by atoms with Gasteiger partial charge < -0.3 is 9.80 Å². The zero-order valence-corrected chi connectivity index (χ0v) is 13.1. The number of hydrogen-bond donors (Lipinski definition) is 0. The maximum absolute atomic E-state index is 12.5. The predicted molar refractivity (Wildman–Crippen MR) is 88.1 cm³/mol. The van der Waals surface area contributed by atoms with E-state index in [0.29, 0.717) is 11.6 Å². The molecule has 22 heavy (non-hydrogen) atoms. The first-order chi connectivity index (χ1) is 10.6. The molecule has 0 saturated carbocycles. The first-order valence-corrected chi connectivity index (χ1v) is 7.68. The number of aromatic nitrogens is 1. The first-order valence-electron chi connectivity index (χ1n) is 7.68. The number of rotatable bonds is 2. The first kappa shape index (κ1) is 14.6. The van der Waals surface area contributed by atoms with Crippen LogP contribution in [0, 0.1) is 6.92 Å². The fraction of sp³-hybridized carbons (Fsp3) is 0.333. The summed E-state index contributed by atoms with van der Waals surface area (Å²) in [4.78, 5) is 20.8. The number of piperazine rings is 1. The van der Waals surface area contributed by atoms with E-state index in [1.165, 1.54) is 11.3 Å². The minimum atomic E-state index is 0.0952. The number of carbonyl (C=O) groups excluding carboxylic acids is 1. The van der Waals surface area contributed by atoms with Gasteiger partial charge in [-0.3, -0.25) is 9.78 Å². The fourth-order valence-electron chi connectivity index (χ4n) is 2.94. The van der Waals surface area contributed by atoms with Crippen molar-refractivity contribution in [2.45, 2.75) is 19.9 Å². The van der Waals surface area contributed by atoms with Crippen LogP contribution >= 0.6 is 0 Å². The number of pyridine rings is 1. The molecular formula is C18H21N3O. The average Bonchev–Trinajstić information content (AvgIpc) is 2.56. The highest BCUT2D eigenvalue weighted by Crippen LogP contribution is 2.21. The lowest BCUT2D eigenvalue weighted by atomic mass is 10.1. The minimum absolute atomic E-state index is 0.0952. The molecule has 2 aromatic rings. The van der Waals surface area contributed by atoms with Gasteiger partial charge in [0.25, 0.3) is 5.91 Å². The summed E-state index contributed by atoms with van der Waals surface area (Å²) in [7, 11) is 0. The van der Waals surface area contributed by atoms with Gasteiger partial charge in [-0.2, -0.15) is 0 Å². The van der Waals surface area contributed by atoms with Crippen LogP contribution in [0.4, 0.5) is 5.69 Å². The molecule has 1 aromatic heterocycles. The monoisotopic (exact) mass is 295 g/mol. The Morgan fingerprint density at radius 1 is 1.09 bits per heavy atom. The number of aryl methyl sites for hydroxylation is 1. The summed E-state index contributed by atoms with van der Waals surface area (Å²) >= 11 is 0. The second kappa shape index (κ2) is 6.18. The summed E-state index contributed by atoms with van der Waals surface area (Å²) in [6, 6.07) is 12.5. The van der Waals surface area contributed by atoms with Gasteiger partial charge in [0.05, 0.1) is 0 Å². The number of carbonyl (C=O) groups is 1. The summed E-state index contributed by atoms with van der Waals surface area (Å²) in [6.45, 7) is 6.62. The molecular weight excluding hydrogens is 274 g/mol. The van der Waals surface area contributed by atoms with E-state index < -0.39 is 0 Å². The lowest BCUT2D eigenvalue weighted by molar-refractivity contribution is 0.0726. The maximum Gasteiger partial charge on any atom is 0.254 e. The average molecular weight is 295 g/mol. The third-order valence-electron chi connectivity index (χ3n) is 4.21. The summed E-state index contributed by atoms with van der Waals surface area (Å²) in [5, 5.41) is 0. The summed E-state index contributed by atoms with van der Waals surface area (Å²) < 4.78 is 0. The van der Waals surface area contributed by atoms with Gasteiger partial charge in [0.15, 0.2) is 0 Å². The van der Waals surface area contributed by atoms with Crippen LogP contribution in [0.15, 0.2) is 48.8 Å². The molecule has 114 valence electrons. The van der Waals surface area contributed by atoms with Crippen LogP contribution < -0.4 is 4.90 Å². The zero-order valence-electron chi connectivity index (χ0n) is 13.1. The Labute approximate surface area is 131 Å². The molecule has 1 saturated heterocycles. The van der Waals surface area contributed by atoms with E-state index in [2.05, 4.69) is 48.0 Å². The molecule has 3 rings (SSSR count). The van der Waals surface area contributed by atoms with Gasteiger partial charge in [0.2, 0.25) is 0 Å². The van der Waals surface area contributed by atoms with Gasteiger partial charge in [-0.1, -0.05) is 17.7 Å². The van der Waals surface area contributed by atoms with Crippen molar-refractivity contribution in [3.8, 4) is 0 Å². The molecule has 1 aromatic carbocycles. The van der Waals surface area contributed by atoms with Crippen molar-refractivity contribution >= 4 is 11.6 Å². The molecule has 0 N–H and O–H groups in total. The van der Waals surface area contributed by atoms with Crippen molar-refractivity contribution < 1.29 is 4.79 Å². The molecule has 0 aliphatic carbocycles. The normalized spacial score (nSPS) is 18.4. The van der Waals surface area contributed by atoms with Crippen LogP contribution in [0.5, 0.6) is 0 Å². The second-order valence-electron chi connectivity index (χ2n) is 5.87. The van der Waals surface area contributed by atoms with E-state index in [0.717, 1.165) is 19.6 Å². The third-order valence-corrected chi connectivity index (χ3v) is 4.21. The van der Waals surface area contributed by atoms with Crippen LogP contribution in [0.2, 0.25) is 0 Å². The van der Waals surface area contributed by atoms with E-state index in [9.17, 15) is 4.79 Å². The molecule has 1 aliphatic rings. The van der Waals surface area contributed by atoms with Gasteiger partial charge >= 0.3 is 0 Å². The highest BCUT2D eigenvalue weighted by molar-refractivity contribution is 5.94. The Kier molecular flexibility index (Phi) is 4.09. The van der Waals surface area contributed by atoms with Gasteiger partial charge in [-0.15, -0.1) is 0 Å². The topological polar surface area (TPSA) is 36.4 Å². The molecule has 0 spiro atoms. The van der Waals surface area contributed by atoms with Gasteiger partial charge in [0.1, 0.15) is 0 Å². The Hall–Kier alpha value is -2.36. The van der Waals surface area contributed by atoms with Crippen LogP contribution in [-0.4, -0.2) is 41.5 Å². The molecule has 0 radical (unpaired) electrons. The third kappa shape index (κ3) is 2.96. The van der Waals surface area contributed by atoms with E-state index in [4.69, 9.17) is 0 Å². The van der Waals surface area contributed by atoms with Crippen LogP contribution in [0.1, 0.15) is 22.8 Å². The Balaban J connectivity index is 1.70. The highest BCUT2D eigenvalue weighted by atomic mass is 16.2. The fourth-order valence-corrected chi connectivity index (χ4v) is 2.94. The quantitative estimate of drug-likeness (QED) is 0.855. The standard InChI is InChI=1S/C18H21N3O/c1-14-3-5-17(6-4-14)21-12-11-20(13-15(21)2)18(22)16-7-9-19-10-8-16/h3-10,15H,11-13H2,1-2H3. The van der Waals surface area contributed by atoms with Crippen molar-refractivity contribution in [2.24, 2.45) is 0 Å². The van der Waals surface area contributed by atoms with E-state index in [1.54, 1.807) is 24.5 Å². The maximum atomic E-state index is 12.5. The van der Waals surface area contributed by atoms with Crippen molar-refractivity contribution in [1.82, 2.24) is 9.88 Å². The minimum Gasteiger partial charge on any atom is -0.365 e. The van der Waals surface area contributed by atoms with Crippen LogP contribution in [-0.2, 0) is 0 Å². The molecule has 1 atom stereocenters. The largest absolute Gasteiger partial charge is 0.365 e.